The van der Waals surface area contributed by atoms with Crippen molar-refractivity contribution in [1.29, 1.82) is 0 Å². The van der Waals surface area contributed by atoms with Crippen molar-refractivity contribution in [3.05, 3.63) is 20.8 Å². The summed E-state index contributed by atoms with van der Waals surface area (Å²) in [7, 11) is 0. The quantitative estimate of drug-likeness (QED) is 0.725. The second kappa shape index (κ2) is 3.80. The van der Waals surface area contributed by atoms with Crippen molar-refractivity contribution < 1.29 is 9.53 Å². The van der Waals surface area contributed by atoms with E-state index in [0.717, 1.165) is 3.79 Å². The summed E-state index contributed by atoms with van der Waals surface area (Å²) in [5, 5.41) is 0. The molecule has 2 nitrogen and oxygen atoms in total. The van der Waals surface area contributed by atoms with Crippen LogP contribution >= 0.6 is 27.3 Å². The Balaban J connectivity index is 2.70. The van der Waals surface area contributed by atoms with E-state index in [1.165, 1.54) is 11.3 Å². The number of halogens is 1. The van der Waals surface area contributed by atoms with Crippen molar-refractivity contribution in [1.82, 2.24) is 0 Å². The van der Waals surface area contributed by atoms with E-state index in [1.54, 1.807) is 6.07 Å². The number of ether oxygens (including phenoxy) is 1. The van der Waals surface area contributed by atoms with Crippen LogP contribution in [0, 0.1) is 0 Å². The van der Waals surface area contributed by atoms with Crippen molar-refractivity contribution in [3.63, 3.8) is 0 Å². The van der Waals surface area contributed by atoms with Crippen LogP contribution in [-0.4, -0.2) is 11.6 Å². The van der Waals surface area contributed by atoms with Crippen LogP contribution in [0.3, 0.4) is 0 Å². The molecule has 72 valence electrons. The lowest BCUT2D eigenvalue weighted by Gasteiger charge is -2.18. The SMILES string of the molecule is CC(C)(C)OC(=O)c1ccc(Br)s1. The molecule has 0 fully saturated rings. The minimum Gasteiger partial charge on any atom is -0.456 e. The molecule has 0 saturated heterocycles. The van der Waals surface area contributed by atoms with E-state index in [4.69, 9.17) is 4.74 Å². The standard InChI is InChI=1S/C9H11BrO2S/c1-9(2,3)12-8(11)6-4-5-7(10)13-6/h4-5H,1-3H3. The summed E-state index contributed by atoms with van der Waals surface area (Å²) in [5.74, 6) is -0.261. The Morgan fingerprint density at radius 2 is 2.08 bits per heavy atom. The van der Waals surface area contributed by atoms with Gasteiger partial charge in [0.2, 0.25) is 0 Å². The van der Waals surface area contributed by atoms with E-state index in [2.05, 4.69) is 15.9 Å². The normalized spacial score (nSPS) is 11.4. The third-order valence-corrected chi connectivity index (χ3v) is 2.78. The number of esters is 1. The Bertz CT molecular complexity index is 312. The van der Waals surface area contributed by atoms with Gasteiger partial charge in [-0.2, -0.15) is 0 Å². The van der Waals surface area contributed by atoms with Gasteiger partial charge in [0.15, 0.2) is 0 Å². The molecule has 0 aliphatic heterocycles. The summed E-state index contributed by atoms with van der Waals surface area (Å²) < 4.78 is 6.13. The van der Waals surface area contributed by atoms with Gasteiger partial charge < -0.3 is 4.74 Å². The van der Waals surface area contributed by atoms with E-state index in [-0.39, 0.29) is 5.97 Å². The maximum absolute atomic E-state index is 11.4. The number of hydrogen-bond acceptors (Lipinski definition) is 3. The van der Waals surface area contributed by atoms with Crippen LogP contribution in [-0.2, 0) is 4.74 Å². The zero-order chi connectivity index (χ0) is 10.1. The molecule has 1 aromatic rings. The first-order valence-corrected chi connectivity index (χ1v) is 5.48. The smallest absolute Gasteiger partial charge is 0.348 e. The first-order valence-electron chi connectivity index (χ1n) is 3.87. The Kier molecular flexibility index (Phi) is 3.14. The number of hydrogen-bond donors (Lipinski definition) is 0. The Hall–Kier alpha value is -0.350. The molecule has 4 heteroatoms. The molecule has 0 bridgehead atoms. The van der Waals surface area contributed by atoms with Gasteiger partial charge in [0.05, 0.1) is 3.79 Å². The van der Waals surface area contributed by atoms with Crippen LogP contribution < -0.4 is 0 Å². The number of carbonyl (C=O) groups is 1. The van der Waals surface area contributed by atoms with Crippen molar-refractivity contribution in [3.8, 4) is 0 Å². The molecule has 0 spiro atoms. The lowest BCUT2D eigenvalue weighted by atomic mass is 10.2. The Morgan fingerprint density at radius 1 is 1.46 bits per heavy atom. The second-order valence-corrected chi connectivity index (χ2v) is 6.07. The average molecular weight is 263 g/mol. The third-order valence-electron chi connectivity index (χ3n) is 1.17. The van der Waals surface area contributed by atoms with Crippen molar-refractivity contribution in [2.75, 3.05) is 0 Å². The minimum absolute atomic E-state index is 0.261. The third kappa shape index (κ3) is 3.48. The van der Waals surface area contributed by atoms with Crippen molar-refractivity contribution >= 4 is 33.2 Å². The zero-order valence-electron chi connectivity index (χ0n) is 7.76. The summed E-state index contributed by atoms with van der Waals surface area (Å²) in [6, 6.07) is 3.59. The summed E-state index contributed by atoms with van der Waals surface area (Å²) in [6.07, 6.45) is 0. The summed E-state index contributed by atoms with van der Waals surface area (Å²) in [5.41, 5.74) is -0.423. The predicted molar refractivity (Wildman–Crippen MR) is 57.2 cm³/mol. The maximum Gasteiger partial charge on any atom is 0.348 e. The lowest BCUT2D eigenvalue weighted by molar-refractivity contribution is 0.00753. The molecule has 0 atom stereocenters. The fraction of sp³-hybridized carbons (Fsp3) is 0.444. The van der Waals surface area contributed by atoms with Crippen LogP contribution in [0.2, 0.25) is 0 Å². The van der Waals surface area contributed by atoms with Crippen LogP contribution in [0.5, 0.6) is 0 Å². The molecule has 0 radical (unpaired) electrons. The Morgan fingerprint density at radius 3 is 2.46 bits per heavy atom. The molecular weight excluding hydrogens is 252 g/mol. The molecule has 1 heterocycles. The summed E-state index contributed by atoms with van der Waals surface area (Å²) in [4.78, 5) is 12.1. The number of thiophene rings is 1. The molecule has 0 saturated carbocycles. The van der Waals surface area contributed by atoms with Gasteiger partial charge in [-0.1, -0.05) is 0 Å². The molecule has 0 aliphatic rings. The van der Waals surface area contributed by atoms with Crippen LogP contribution in [0.25, 0.3) is 0 Å². The van der Waals surface area contributed by atoms with Gasteiger partial charge in [0.25, 0.3) is 0 Å². The molecule has 1 rings (SSSR count). The van der Waals surface area contributed by atoms with Gasteiger partial charge in [0.1, 0.15) is 10.5 Å². The van der Waals surface area contributed by atoms with Crippen LogP contribution in [0.4, 0.5) is 0 Å². The van der Waals surface area contributed by atoms with Gasteiger partial charge in [0, 0.05) is 0 Å². The molecule has 0 amide bonds. The monoisotopic (exact) mass is 262 g/mol. The Labute approximate surface area is 90.0 Å². The van der Waals surface area contributed by atoms with Crippen LogP contribution in [0.1, 0.15) is 30.4 Å². The first kappa shape index (κ1) is 10.7. The molecule has 1 aromatic heterocycles. The van der Waals surface area contributed by atoms with E-state index < -0.39 is 5.60 Å². The summed E-state index contributed by atoms with van der Waals surface area (Å²) >= 11 is 4.67. The fourth-order valence-electron chi connectivity index (χ4n) is 0.752. The number of rotatable bonds is 1. The van der Waals surface area contributed by atoms with Crippen LogP contribution in [0.15, 0.2) is 15.9 Å². The van der Waals surface area contributed by atoms with Gasteiger partial charge in [-0.15, -0.1) is 11.3 Å². The van der Waals surface area contributed by atoms with Gasteiger partial charge in [-0.05, 0) is 48.8 Å². The highest BCUT2D eigenvalue weighted by molar-refractivity contribution is 9.11. The highest BCUT2D eigenvalue weighted by Crippen LogP contribution is 2.24. The van der Waals surface area contributed by atoms with E-state index in [9.17, 15) is 4.79 Å². The molecule has 0 aliphatic carbocycles. The molecule has 0 N–H and O–H groups in total. The fourth-order valence-corrected chi connectivity index (χ4v) is 2.01. The number of carbonyl (C=O) groups excluding carboxylic acids is 1. The molecule has 0 aromatic carbocycles. The minimum atomic E-state index is -0.423. The maximum atomic E-state index is 11.4. The second-order valence-electron chi connectivity index (χ2n) is 3.61. The highest BCUT2D eigenvalue weighted by Gasteiger charge is 2.18. The van der Waals surface area contributed by atoms with E-state index in [1.807, 2.05) is 26.8 Å². The van der Waals surface area contributed by atoms with Crippen molar-refractivity contribution in [2.24, 2.45) is 0 Å². The van der Waals surface area contributed by atoms with Gasteiger partial charge in [-0.25, -0.2) is 4.79 Å². The lowest BCUT2D eigenvalue weighted by Crippen LogP contribution is -2.23. The molecular formula is C9H11BrO2S. The van der Waals surface area contributed by atoms with Crippen molar-refractivity contribution in [2.45, 2.75) is 26.4 Å². The zero-order valence-corrected chi connectivity index (χ0v) is 10.2. The van der Waals surface area contributed by atoms with E-state index >= 15 is 0 Å². The average Bonchev–Trinajstić information content (AvgIpc) is 2.31. The molecule has 0 unspecified atom stereocenters. The first-order chi connectivity index (χ1) is 5.88. The predicted octanol–water partition coefficient (Wildman–Crippen LogP) is 3.47. The molecule has 13 heavy (non-hydrogen) atoms. The van der Waals surface area contributed by atoms with Gasteiger partial charge >= 0.3 is 5.97 Å². The largest absolute Gasteiger partial charge is 0.456 e. The highest BCUT2D eigenvalue weighted by atomic mass is 79.9. The topological polar surface area (TPSA) is 26.3 Å². The summed E-state index contributed by atoms with van der Waals surface area (Å²) in [6.45, 7) is 5.56. The van der Waals surface area contributed by atoms with Gasteiger partial charge in [-0.3, -0.25) is 0 Å². The van der Waals surface area contributed by atoms with E-state index in [0.29, 0.717) is 4.88 Å².